The highest BCUT2D eigenvalue weighted by molar-refractivity contribution is 5.46. The maximum absolute atomic E-state index is 5.66. The molecule has 0 aromatic carbocycles. The van der Waals surface area contributed by atoms with E-state index in [0.717, 1.165) is 11.1 Å². The van der Waals surface area contributed by atoms with E-state index in [9.17, 15) is 0 Å². The van der Waals surface area contributed by atoms with E-state index in [4.69, 9.17) is 5.73 Å². The summed E-state index contributed by atoms with van der Waals surface area (Å²) in [6, 6.07) is 2.03. The lowest BCUT2D eigenvalue weighted by Crippen LogP contribution is -2.05. The summed E-state index contributed by atoms with van der Waals surface area (Å²) >= 11 is 0. The molecule has 0 aliphatic heterocycles. The van der Waals surface area contributed by atoms with Gasteiger partial charge in [0, 0.05) is 18.4 Å². The Morgan fingerprint density at radius 2 is 2.36 bits per heavy atom. The first kappa shape index (κ1) is 7.95. The minimum absolute atomic E-state index is 0.0439. The molecular formula is C9H12N2. The molecule has 2 N–H and O–H groups in total. The molecule has 0 unspecified atom stereocenters. The Kier molecular flexibility index (Phi) is 2.39. The molecule has 58 valence electrons. The summed E-state index contributed by atoms with van der Waals surface area (Å²) in [6.45, 7) is 5.58. The van der Waals surface area contributed by atoms with Gasteiger partial charge in [-0.3, -0.25) is 4.98 Å². The molecule has 1 heterocycles. The van der Waals surface area contributed by atoms with E-state index in [1.165, 1.54) is 0 Å². The minimum Gasteiger partial charge on any atom is -0.324 e. The van der Waals surface area contributed by atoms with Gasteiger partial charge in [-0.1, -0.05) is 12.7 Å². The van der Waals surface area contributed by atoms with Gasteiger partial charge in [0.15, 0.2) is 0 Å². The van der Waals surface area contributed by atoms with E-state index in [-0.39, 0.29) is 6.04 Å². The van der Waals surface area contributed by atoms with Crippen LogP contribution in [0.4, 0.5) is 0 Å². The van der Waals surface area contributed by atoms with Crippen LogP contribution in [0.15, 0.2) is 25.0 Å². The predicted molar refractivity (Wildman–Crippen MR) is 46.9 cm³/mol. The molecule has 1 aromatic rings. The molecular weight excluding hydrogens is 136 g/mol. The largest absolute Gasteiger partial charge is 0.324 e. The van der Waals surface area contributed by atoms with E-state index in [0.29, 0.717) is 0 Å². The van der Waals surface area contributed by atoms with Gasteiger partial charge in [0.1, 0.15) is 0 Å². The summed E-state index contributed by atoms with van der Waals surface area (Å²) in [7, 11) is 0. The molecule has 11 heavy (non-hydrogen) atoms. The van der Waals surface area contributed by atoms with Crippen molar-refractivity contribution >= 4 is 6.08 Å². The molecule has 1 atom stereocenters. The second-order valence-electron chi connectivity index (χ2n) is 2.54. The maximum Gasteiger partial charge on any atom is 0.0340 e. The Hall–Kier alpha value is -1.15. The fourth-order valence-electron chi connectivity index (χ4n) is 0.837. The molecule has 2 nitrogen and oxygen atoms in total. The van der Waals surface area contributed by atoms with Crippen LogP contribution in [0.5, 0.6) is 0 Å². The maximum atomic E-state index is 5.66. The third-order valence-electron chi connectivity index (χ3n) is 1.54. The number of hydrogen-bond donors (Lipinski definition) is 1. The fraction of sp³-hybridized carbons (Fsp3) is 0.222. The monoisotopic (exact) mass is 148 g/mol. The summed E-state index contributed by atoms with van der Waals surface area (Å²) < 4.78 is 0. The molecule has 0 aliphatic rings. The number of pyridine rings is 1. The van der Waals surface area contributed by atoms with Gasteiger partial charge in [0.05, 0.1) is 0 Å². The molecule has 1 rings (SSSR count). The number of rotatable bonds is 2. The highest BCUT2D eigenvalue weighted by atomic mass is 14.7. The molecule has 0 spiro atoms. The molecule has 0 fully saturated rings. The highest BCUT2D eigenvalue weighted by Gasteiger charge is 1.98. The molecule has 0 aliphatic carbocycles. The van der Waals surface area contributed by atoms with Crippen LogP contribution in [-0.4, -0.2) is 4.98 Å². The van der Waals surface area contributed by atoms with E-state index in [1.807, 2.05) is 13.0 Å². The molecule has 0 bridgehead atoms. The zero-order chi connectivity index (χ0) is 8.27. The van der Waals surface area contributed by atoms with Crippen molar-refractivity contribution in [2.75, 3.05) is 0 Å². The summed E-state index contributed by atoms with van der Waals surface area (Å²) in [4.78, 5) is 4.03. The van der Waals surface area contributed by atoms with Crippen LogP contribution in [0.1, 0.15) is 24.1 Å². The lowest BCUT2D eigenvalue weighted by molar-refractivity contribution is 0.811. The fourth-order valence-corrected chi connectivity index (χ4v) is 0.837. The summed E-state index contributed by atoms with van der Waals surface area (Å²) in [6.07, 6.45) is 5.30. The van der Waals surface area contributed by atoms with Crippen LogP contribution in [0.3, 0.4) is 0 Å². The Balaban J connectivity index is 3.00. The highest BCUT2D eigenvalue weighted by Crippen LogP contribution is 2.09. The number of aromatic nitrogens is 1. The van der Waals surface area contributed by atoms with Crippen LogP contribution >= 0.6 is 0 Å². The van der Waals surface area contributed by atoms with Crippen LogP contribution in [-0.2, 0) is 0 Å². The quantitative estimate of drug-likeness (QED) is 0.693. The van der Waals surface area contributed by atoms with Crippen LogP contribution in [0.2, 0.25) is 0 Å². The molecule has 2 heteroatoms. The van der Waals surface area contributed by atoms with Gasteiger partial charge >= 0.3 is 0 Å². The van der Waals surface area contributed by atoms with E-state index < -0.39 is 0 Å². The van der Waals surface area contributed by atoms with Crippen molar-refractivity contribution in [1.82, 2.24) is 4.98 Å². The molecule has 0 radical (unpaired) electrons. The second-order valence-corrected chi connectivity index (χ2v) is 2.54. The van der Waals surface area contributed by atoms with Crippen LogP contribution in [0.25, 0.3) is 6.08 Å². The third kappa shape index (κ3) is 1.88. The zero-order valence-corrected chi connectivity index (χ0v) is 6.62. The first-order valence-electron chi connectivity index (χ1n) is 3.57. The predicted octanol–water partition coefficient (Wildman–Crippen LogP) is 1.74. The first-order valence-corrected chi connectivity index (χ1v) is 3.57. The van der Waals surface area contributed by atoms with Gasteiger partial charge < -0.3 is 5.73 Å². The summed E-state index contributed by atoms with van der Waals surface area (Å²) in [5.74, 6) is 0. The number of hydrogen-bond acceptors (Lipinski definition) is 2. The lowest BCUT2D eigenvalue weighted by Gasteiger charge is -2.04. The topological polar surface area (TPSA) is 38.9 Å². The van der Waals surface area contributed by atoms with E-state index >= 15 is 0 Å². The third-order valence-corrected chi connectivity index (χ3v) is 1.54. The van der Waals surface area contributed by atoms with E-state index in [1.54, 1.807) is 18.5 Å². The minimum atomic E-state index is 0.0439. The van der Waals surface area contributed by atoms with Gasteiger partial charge in [-0.15, -0.1) is 0 Å². The summed E-state index contributed by atoms with van der Waals surface area (Å²) in [5.41, 5.74) is 7.72. The van der Waals surface area contributed by atoms with Gasteiger partial charge in [0.25, 0.3) is 0 Å². The smallest absolute Gasteiger partial charge is 0.0340 e. The number of nitrogens with two attached hydrogens (primary N) is 1. The van der Waals surface area contributed by atoms with Crippen molar-refractivity contribution in [1.29, 1.82) is 0 Å². The van der Waals surface area contributed by atoms with Gasteiger partial charge in [-0.2, -0.15) is 0 Å². The molecule has 1 aromatic heterocycles. The van der Waals surface area contributed by atoms with Crippen molar-refractivity contribution in [2.24, 2.45) is 5.73 Å². The zero-order valence-electron chi connectivity index (χ0n) is 6.62. The lowest BCUT2D eigenvalue weighted by atomic mass is 10.1. The van der Waals surface area contributed by atoms with Crippen molar-refractivity contribution in [2.45, 2.75) is 13.0 Å². The Morgan fingerprint density at radius 1 is 1.64 bits per heavy atom. The second kappa shape index (κ2) is 3.30. The summed E-state index contributed by atoms with van der Waals surface area (Å²) in [5, 5.41) is 0. The van der Waals surface area contributed by atoms with Crippen molar-refractivity contribution in [3.8, 4) is 0 Å². The SMILES string of the molecule is C=Cc1cncc([C@H](C)N)c1. The number of nitrogens with zero attached hydrogens (tertiary/aromatic N) is 1. The van der Waals surface area contributed by atoms with Gasteiger partial charge in [-0.25, -0.2) is 0 Å². The van der Waals surface area contributed by atoms with Gasteiger partial charge in [0.2, 0.25) is 0 Å². The van der Waals surface area contributed by atoms with Crippen molar-refractivity contribution < 1.29 is 0 Å². The average molecular weight is 148 g/mol. The Bertz CT molecular complexity index is 253. The van der Waals surface area contributed by atoms with Crippen molar-refractivity contribution in [3.05, 3.63) is 36.2 Å². The Labute approximate surface area is 66.8 Å². The van der Waals surface area contributed by atoms with Gasteiger partial charge in [-0.05, 0) is 24.1 Å². The standard InChI is InChI=1S/C9H12N2/c1-3-8-4-9(7(2)10)6-11-5-8/h3-7H,1,10H2,2H3/t7-/m0/s1. The molecule has 0 saturated heterocycles. The molecule has 0 amide bonds. The average Bonchev–Trinajstić information content (AvgIpc) is 2.05. The van der Waals surface area contributed by atoms with Crippen LogP contribution in [0, 0.1) is 0 Å². The molecule has 0 saturated carbocycles. The van der Waals surface area contributed by atoms with Crippen molar-refractivity contribution in [3.63, 3.8) is 0 Å². The van der Waals surface area contributed by atoms with E-state index in [2.05, 4.69) is 11.6 Å². The normalized spacial score (nSPS) is 12.5. The Morgan fingerprint density at radius 3 is 2.91 bits per heavy atom. The first-order chi connectivity index (χ1) is 5.24. The van der Waals surface area contributed by atoms with Crippen LogP contribution < -0.4 is 5.73 Å².